The van der Waals surface area contributed by atoms with E-state index in [0.29, 0.717) is 40.1 Å². The first-order chi connectivity index (χ1) is 8.60. The Labute approximate surface area is 109 Å². The molecule has 98 valence electrons. The Hall–Kier alpha value is -1.36. The Kier molecular flexibility index (Phi) is 4.01. The molecule has 18 heavy (non-hydrogen) atoms. The molecule has 0 radical (unpaired) electrons. The molecule has 0 aliphatic rings. The van der Waals surface area contributed by atoms with Gasteiger partial charge in [-0.25, -0.2) is 4.98 Å². The zero-order valence-corrected chi connectivity index (χ0v) is 11.5. The molecule has 0 saturated heterocycles. The lowest BCUT2D eigenvalue weighted by atomic mass is 10.2. The van der Waals surface area contributed by atoms with Crippen molar-refractivity contribution >= 4 is 27.6 Å². The van der Waals surface area contributed by atoms with Gasteiger partial charge in [-0.3, -0.25) is 4.21 Å². The van der Waals surface area contributed by atoms with Gasteiger partial charge < -0.3 is 10.2 Å². The first-order valence-corrected chi connectivity index (χ1v) is 7.57. The largest absolute Gasteiger partial charge is 0.440 e. The molecular weight excluding hydrogens is 248 g/mol. The summed E-state index contributed by atoms with van der Waals surface area (Å²) >= 11 is 0. The topological polar surface area (TPSA) is 69.1 Å². The summed E-state index contributed by atoms with van der Waals surface area (Å²) in [5.74, 6) is 2.01. The molecule has 2 unspecified atom stereocenters. The molecule has 4 nitrogen and oxygen atoms in total. The molecule has 0 fully saturated rings. The van der Waals surface area contributed by atoms with Crippen LogP contribution in [0.2, 0.25) is 0 Å². The van der Waals surface area contributed by atoms with E-state index in [0.717, 1.165) is 6.42 Å². The average molecular weight is 266 g/mol. The molecule has 1 heterocycles. The van der Waals surface area contributed by atoms with Gasteiger partial charge in [0.25, 0.3) is 0 Å². The molecule has 2 atom stereocenters. The molecular formula is C13H18N2O2S. The molecule has 0 aliphatic carbocycles. The number of hydrogen-bond donors (Lipinski definition) is 1. The summed E-state index contributed by atoms with van der Waals surface area (Å²) in [5.41, 5.74) is 7.72. The molecule has 1 aromatic carbocycles. The van der Waals surface area contributed by atoms with Crippen LogP contribution in [0.5, 0.6) is 0 Å². The van der Waals surface area contributed by atoms with Crippen molar-refractivity contribution in [1.82, 2.24) is 4.98 Å². The minimum atomic E-state index is -0.931. The molecule has 5 heteroatoms. The van der Waals surface area contributed by atoms with Crippen molar-refractivity contribution in [1.29, 1.82) is 0 Å². The lowest BCUT2D eigenvalue weighted by molar-refractivity contribution is 0.550. The molecule has 0 bridgehead atoms. The summed E-state index contributed by atoms with van der Waals surface area (Å²) in [7, 11) is -0.931. The van der Waals surface area contributed by atoms with E-state index >= 15 is 0 Å². The maximum Gasteiger partial charge on any atom is 0.208 e. The maximum absolute atomic E-state index is 11.9. The monoisotopic (exact) mass is 266 g/mol. The van der Waals surface area contributed by atoms with Crippen LogP contribution < -0.4 is 5.73 Å². The van der Waals surface area contributed by atoms with E-state index in [1.54, 1.807) is 6.07 Å². The minimum absolute atomic E-state index is 0.360. The van der Waals surface area contributed by atoms with Gasteiger partial charge in [-0.1, -0.05) is 26.3 Å². The molecule has 0 spiro atoms. The second-order valence-corrected chi connectivity index (χ2v) is 6.07. The highest BCUT2D eigenvalue weighted by Crippen LogP contribution is 2.22. The van der Waals surface area contributed by atoms with E-state index < -0.39 is 10.8 Å². The zero-order chi connectivity index (χ0) is 13.1. The van der Waals surface area contributed by atoms with Gasteiger partial charge in [-0.2, -0.15) is 0 Å². The quantitative estimate of drug-likeness (QED) is 0.845. The number of nitrogens with two attached hydrogens (primary N) is 1. The van der Waals surface area contributed by atoms with Crippen molar-refractivity contribution in [2.75, 3.05) is 11.5 Å². The van der Waals surface area contributed by atoms with E-state index in [4.69, 9.17) is 10.2 Å². The number of rotatable bonds is 5. The number of anilines is 1. The Bertz CT molecular complexity index is 565. The van der Waals surface area contributed by atoms with E-state index in [2.05, 4.69) is 18.8 Å². The van der Waals surface area contributed by atoms with Crippen LogP contribution in [-0.4, -0.2) is 14.9 Å². The van der Waals surface area contributed by atoms with Crippen molar-refractivity contribution < 1.29 is 8.63 Å². The van der Waals surface area contributed by atoms with Gasteiger partial charge in [0.15, 0.2) is 5.58 Å². The van der Waals surface area contributed by atoms with Crippen LogP contribution in [0.15, 0.2) is 22.6 Å². The van der Waals surface area contributed by atoms with Crippen LogP contribution in [0.3, 0.4) is 0 Å². The second-order valence-electron chi connectivity index (χ2n) is 4.57. The fourth-order valence-electron chi connectivity index (χ4n) is 1.71. The molecule has 1 aromatic heterocycles. The number of aromatic nitrogens is 1. The standard InChI is InChI=1S/C13H18N2O2S/c1-3-9(2)7-18(16)8-12-15-13-10(14)5-4-6-11(13)17-12/h4-6,9H,3,7-8,14H2,1-2H3. The van der Waals surface area contributed by atoms with Crippen molar-refractivity contribution in [2.45, 2.75) is 26.0 Å². The predicted molar refractivity (Wildman–Crippen MR) is 74.6 cm³/mol. The highest BCUT2D eigenvalue weighted by Gasteiger charge is 2.12. The fourth-order valence-corrected chi connectivity index (χ4v) is 3.10. The summed E-state index contributed by atoms with van der Waals surface area (Å²) in [5, 5.41) is 0. The number of hydrogen-bond acceptors (Lipinski definition) is 4. The Balaban J connectivity index is 2.13. The second kappa shape index (κ2) is 5.52. The van der Waals surface area contributed by atoms with Crippen molar-refractivity contribution in [3.8, 4) is 0 Å². The zero-order valence-electron chi connectivity index (χ0n) is 10.7. The molecule has 2 aromatic rings. The minimum Gasteiger partial charge on any atom is -0.440 e. The Morgan fingerprint density at radius 1 is 1.50 bits per heavy atom. The average Bonchev–Trinajstić information content (AvgIpc) is 2.72. The van der Waals surface area contributed by atoms with E-state index in [-0.39, 0.29) is 0 Å². The van der Waals surface area contributed by atoms with Gasteiger partial charge in [0.05, 0.1) is 5.69 Å². The van der Waals surface area contributed by atoms with Crippen LogP contribution in [0, 0.1) is 5.92 Å². The van der Waals surface area contributed by atoms with E-state index in [1.807, 2.05) is 12.1 Å². The van der Waals surface area contributed by atoms with Gasteiger partial charge >= 0.3 is 0 Å². The summed E-state index contributed by atoms with van der Waals surface area (Å²) in [4.78, 5) is 4.30. The van der Waals surface area contributed by atoms with Crippen LogP contribution in [0.25, 0.3) is 11.1 Å². The first-order valence-electron chi connectivity index (χ1n) is 6.09. The highest BCUT2D eigenvalue weighted by molar-refractivity contribution is 7.84. The van der Waals surface area contributed by atoms with Crippen molar-refractivity contribution in [3.05, 3.63) is 24.1 Å². The summed E-state index contributed by atoms with van der Waals surface area (Å²) in [6, 6.07) is 5.42. The maximum atomic E-state index is 11.9. The smallest absolute Gasteiger partial charge is 0.208 e. The Morgan fingerprint density at radius 3 is 2.94 bits per heavy atom. The van der Waals surface area contributed by atoms with Gasteiger partial charge in [-0.15, -0.1) is 0 Å². The molecule has 0 saturated carbocycles. The number of oxazole rings is 1. The number of nitrogen functional groups attached to an aromatic ring is 1. The molecule has 0 aliphatic heterocycles. The molecule has 2 N–H and O–H groups in total. The summed E-state index contributed by atoms with van der Waals surface area (Å²) in [6.07, 6.45) is 1.03. The first kappa shape index (κ1) is 13.1. The summed E-state index contributed by atoms with van der Waals surface area (Å²) in [6.45, 7) is 4.20. The van der Waals surface area contributed by atoms with Gasteiger partial charge in [0.1, 0.15) is 11.3 Å². The van der Waals surface area contributed by atoms with Crippen LogP contribution in [-0.2, 0) is 16.6 Å². The van der Waals surface area contributed by atoms with Crippen molar-refractivity contribution in [3.63, 3.8) is 0 Å². The highest BCUT2D eigenvalue weighted by atomic mass is 32.2. The van der Waals surface area contributed by atoms with Crippen LogP contribution in [0.1, 0.15) is 26.2 Å². The van der Waals surface area contributed by atoms with Gasteiger partial charge in [-0.05, 0) is 18.1 Å². The van der Waals surface area contributed by atoms with Gasteiger partial charge in [0.2, 0.25) is 5.89 Å². The fraction of sp³-hybridized carbons (Fsp3) is 0.462. The Morgan fingerprint density at radius 2 is 2.28 bits per heavy atom. The van der Waals surface area contributed by atoms with Gasteiger partial charge in [0, 0.05) is 16.6 Å². The normalized spacial score (nSPS) is 14.8. The number of nitrogens with zero attached hydrogens (tertiary/aromatic N) is 1. The lowest BCUT2D eigenvalue weighted by Crippen LogP contribution is -2.08. The third kappa shape index (κ3) is 2.90. The lowest BCUT2D eigenvalue weighted by Gasteiger charge is -2.05. The third-order valence-corrected chi connectivity index (χ3v) is 4.46. The molecule has 2 rings (SSSR count). The third-order valence-electron chi connectivity index (χ3n) is 2.95. The number of benzene rings is 1. The van der Waals surface area contributed by atoms with Crippen LogP contribution in [0.4, 0.5) is 5.69 Å². The van der Waals surface area contributed by atoms with E-state index in [1.165, 1.54) is 0 Å². The van der Waals surface area contributed by atoms with Crippen LogP contribution >= 0.6 is 0 Å². The molecule has 0 amide bonds. The predicted octanol–water partition coefficient (Wildman–Crippen LogP) is 2.70. The summed E-state index contributed by atoms with van der Waals surface area (Å²) < 4.78 is 17.5. The van der Waals surface area contributed by atoms with E-state index in [9.17, 15) is 4.21 Å². The SMILES string of the molecule is CCC(C)CS(=O)Cc1nc2c(N)cccc2o1. The number of fused-ring (bicyclic) bond motifs is 1. The van der Waals surface area contributed by atoms with Crippen molar-refractivity contribution in [2.24, 2.45) is 5.92 Å². The number of para-hydroxylation sites is 1.